The minimum atomic E-state index is -0.798. The van der Waals surface area contributed by atoms with Crippen molar-refractivity contribution in [2.24, 2.45) is 0 Å². The van der Waals surface area contributed by atoms with Gasteiger partial charge in [0.1, 0.15) is 18.1 Å². The molecule has 0 aromatic heterocycles. The fourth-order valence-electron chi connectivity index (χ4n) is 4.09. The van der Waals surface area contributed by atoms with Crippen molar-refractivity contribution in [2.45, 2.75) is 31.8 Å². The van der Waals surface area contributed by atoms with Gasteiger partial charge in [-0.1, -0.05) is 42.5 Å². The third kappa shape index (κ3) is 5.92. The van der Waals surface area contributed by atoms with Crippen LogP contribution < -0.4 is 14.8 Å². The van der Waals surface area contributed by atoms with Crippen LogP contribution in [0.1, 0.15) is 41.0 Å². The topological polar surface area (TPSA) is 91.6 Å². The Morgan fingerprint density at radius 1 is 1.12 bits per heavy atom. The predicted molar refractivity (Wildman–Crippen MR) is 129 cm³/mol. The first-order chi connectivity index (χ1) is 16.1. The molecule has 4 rings (SSSR count). The van der Waals surface area contributed by atoms with Crippen molar-refractivity contribution in [3.8, 4) is 11.5 Å². The Balaban J connectivity index is 1.36. The molecule has 0 spiro atoms. The number of aliphatic carboxylic acids is 1. The molecule has 170 valence electrons. The second-order valence-electron chi connectivity index (χ2n) is 8.15. The highest BCUT2D eigenvalue weighted by molar-refractivity contribution is 5.86. The summed E-state index contributed by atoms with van der Waals surface area (Å²) >= 11 is 0. The third-order valence-corrected chi connectivity index (χ3v) is 5.82. The molecule has 3 aromatic carbocycles. The Bertz CT molecular complexity index is 1110. The largest absolute Gasteiger partial charge is 0.493 e. The van der Waals surface area contributed by atoms with Gasteiger partial charge in [-0.05, 0) is 47.7 Å². The van der Waals surface area contributed by atoms with Gasteiger partial charge in [0.05, 0.1) is 13.0 Å². The number of hydrogen-bond donors (Lipinski definition) is 3. The fraction of sp³-hybridized carbons (Fsp3) is 0.259. The van der Waals surface area contributed by atoms with Crippen LogP contribution in [-0.4, -0.2) is 30.4 Å². The second-order valence-corrected chi connectivity index (χ2v) is 8.15. The van der Waals surface area contributed by atoms with E-state index in [1.165, 1.54) is 11.8 Å². The quantitative estimate of drug-likeness (QED) is 0.371. The van der Waals surface area contributed by atoms with Gasteiger partial charge in [0, 0.05) is 36.0 Å². The summed E-state index contributed by atoms with van der Waals surface area (Å²) in [7, 11) is 0. The van der Waals surface area contributed by atoms with Crippen LogP contribution in [0.15, 0.2) is 66.7 Å². The van der Waals surface area contributed by atoms with Crippen LogP contribution in [0.3, 0.4) is 0 Å². The average Bonchev–Trinajstić information content (AvgIpc) is 2.83. The summed E-state index contributed by atoms with van der Waals surface area (Å²) in [5.74, 6) is 0.542. The summed E-state index contributed by atoms with van der Waals surface area (Å²) in [6, 6.07) is 21.8. The van der Waals surface area contributed by atoms with Crippen molar-refractivity contribution in [1.82, 2.24) is 0 Å². The molecule has 0 saturated carbocycles. The lowest BCUT2D eigenvalue weighted by Gasteiger charge is -2.25. The number of nitrogens with one attached hydrogen (secondary N) is 2. The molecule has 0 saturated heterocycles. The predicted octanol–water partition coefficient (Wildman–Crippen LogP) is 5.26. The molecule has 3 N–H and O–H groups in total. The standard InChI is InChI=1S/C27H28N2O4/c28-17-22-14-20(6-9-25(22)29-12-10-19-4-2-1-3-5-19)18-33-23-7-8-24-21(15-27(30)31)11-13-32-26(24)16-23/h1-9,14,16-17,21,28-29H,10-13,15,18H2,(H,30,31). The van der Waals surface area contributed by atoms with Crippen molar-refractivity contribution in [3.63, 3.8) is 0 Å². The summed E-state index contributed by atoms with van der Waals surface area (Å²) in [5, 5.41) is 20.3. The maximum Gasteiger partial charge on any atom is 0.303 e. The van der Waals surface area contributed by atoms with Crippen molar-refractivity contribution < 1.29 is 19.4 Å². The van der Waals surface area contributed by atoms with Gasteiger partial charge in [-0.25, -0.2) is 0 Å². The highest BCUT2D eigenvalue weighted by Gasteiger charge is 2.24. The number of carboxylic acid groups (broad SMARTS) is 1. The molecule has 0 bridgehead atoms. The lowest BCUT2D eigenvalue weighted by molar-refractivity contribution is -0.137. The number of anilines is 1. The SMILES string of the molecule is N=Cc1cc(COc2ccc3c(c2)OCCC3CC(=O)O)ccc1NCCc1ccccc1. The van der Waals surface area contributed by atoms with Crippen molar-refractivity contribution in [2.75, 3.05) is 18.5 Å². The molecule has 0 radical (unpaired) electrons. The molecule has 1 aliphatic rings. The lowest BCUT2D eigenvalue weighted by Crippen LogP contribution is -2.17. The van der Waals surface area contributed by atoms with E-state index < -0.39 is 5.97 Å². The van der Waals surface area contributed by atoms with E-state index in [4.69, 9.17) is 20.0 Å². The first-order valence-electron chi connectivity index (χ1n) is 11.1. The average molecular weight is 445 g/mol. The van der Waals surface area contributed by atoms with Crippen LogP contribution in [0.25, 0.3) is 0 Å². The highest BCUT2D eigenvalue weighted by atomic mass is 16.5. The van der Waals surface area contributed by atoms with E-state index in [1.54, 1.807) is 0 Å². The van der Waals surface area contributed by atoms with Crippen molar-refractivity contribution in [3.05, 3.63) is 89.0 Å². The molecule has 6 heteroatoms. The first-order valence-corrected chi connectivity index (χ1v) is 11.1. The fourth-order valence-corrected chi connectivity index (χ4v) is 4.09. The van der Waals surface area contributed by atoms with E-state index in [9.17, 15) is 4.79 Å². The smallest absolute Gasteiger partial charge is 0.303 e. The lowest BCUT2D eigenvalue weighted by atomic mass is 9.90. The molecule has 1 atom stereocenters. The van der Waals surface area contributed by atoms with E-state index >= 15 is 0 Å². The van der Waals surface area contributed by atoms with Crippen LogP contribution in [0, 0.1) is 5.41 Å². The third-order valence-electron chi connectivity index (χ3n) is 5.82. The maximum atomic E-state index is 11.1. The molecule has 1 unspecified atom stereocenters. The highest BCUT2D eigenvalue weighted by Crippen LogP contribution is 2.38. The molecular formula is C27H28N2O4. The Kier molecular flexibility index (Phi) is 7.25. The molecule has 1 aliphatic heterocycles. The minimum Gasteiger partial charge on any atom is -0.493 e. The van der Waals surface area contributed by atoms with Crippen LogP contribution in [-0.2, 0) is 17.8 Å². The number of carbonyl (C=O) groups is 1. The molecule has 0 aliphatic carbocycles. The molecule has 0 amide bonds. The Morgan fingerprint density at radius 2 is 1.97 bits per heavy atom. The Hall–Kier alpha value is -3.80. The zero-order valence-corrected chi connectivity index (χ0v) is 18.4. The first kappa shape index (κ1) is 22.4. The van der Waals surface area contributed by atoms with E-state index in [2.05, 4.69) is 17.4 Å². The van der Waals surface area contributed by atoms with E-state index in [0.717, 1.165) is 35.3 Å². The zero-order valence-electron chi connectivity index (χ0n) is 18.4. The Labute approximate surface area is 193 Å². The van der Waals surface area contributed by atoms with Crippen LogP contribution in [0.5, 0.6) is 11.5 Å². The van der Waals surface area contributed by atoms with Gasteiger partial charge >= 0.3 is 5.97 Å². The zero-order chi connectivity index (χ0) is 23.0. The molecule has 1 heterocycles. The normalized spacial score (nSPS) is 14.6. The monoisotopic (exact) mass is 444 g/mol. The minimum absolute atomic E-state index is 0.0302. The van der Waals surface area contributed by atoms with Gasteiger partial charge in [0.25, 0.3) is 0 Å². The summed E-state index contributed by atoms with van der Waals surface area (Å²) in [6.07, 6.45) is 3.08. The number of ether oxygens (including phenoxy) is 2. The Morgan fingerprint density at radius 3 is 2.76 bits per heavy atom. The van der Waals surface area contributed by atoms with Gasteiger partial charge in [0.2, 0.25) is 0 Å². The van der Waals surface area contributed by atoms with E-state index in [1.807, 2.05) is 54.6 Å². The second kappa shape index (κ2) is 10.7. The summed E-state index contributed by atoms with van der Waals surface area (Å²) in [6.45, 7) is 1.66. The van der Waals surface area contributed by atoms with Gasteiger partial charge in [0.15, 0.2) is 0 Å². The molecular weight excluding hydrogens is 416 g/mol. The summed E-state index contributed by atoms with van der Waals surface area (Å²) in [4.78, 5) is 11.1. The molecule has 3 aromatic rings. The number of carboxylic acids is 1. The van der Waals surface area contributed by atoms with Crippen LogP contribution in [0.2, 0.25) is 0 Å². The van der Waals surface area contributed by atoms with Gasteiger partial charge in [-0.3, -0.25) is 4.79 Å². The van der Waals surface area contributed by atoms with Crippen LogP contribution >= 0.6 is 0 Å². The van der Waals surface area contributed by atoms with Crippen molar-refractivity contribution >= 4 is 17.9 Å². The van der Waals surface area contributed by atoms with E-state index in [0.29, 0.717) is 31.1 Å². The number of hydrogen-bond acceptors (Lipinski definition) is 5. The molecule has 0 fully saturated rings. The number of rotatable bonds is 10. The summed E-state index contributed by atoms with van der Waals surface area (Å²) in [5.41, 5.74) is 4.90. The number of fused-ring (bicyclic) bond motifs is 1. The van der Waals surface area contributed by atoms with Crippen LogP contribution in [0.4, 0.5) is 5.69 Å². The van der Waals surface area contributed by atoms with Gasteiger partial charge < -0.3 is 25.3 Å². The number of benzene rings is 3. The molecule has 33 heavy (non-hydrogen) atoms. The maximum absolute atomic E-state index is 11.1. The van der Waals surface area contributed by atoms with Gasteiger partial charge in [-0.2, -0.15) is 0 Å². The summed E-state index contributed by atoms with van der Waals surface area (Å²) < 4.78 is 11.7. The van der Waals surface area contributed by atoms with Crippen molar-refractivity contribution in [1.29, 1.82) is 5.41 Å². The van der Waals surface area contributed by atoms with Gasteiger partial charge in [-0.15, -0.1) is 0 Å². The van der Waals surface area contributed by atoms with E-state index in [-0.39, 0.29) is 12.3 Å². The molecule has 6 nitrogen and oxygen atoms in total.